The Morgan fingerprint density at radius 2 is 2.20 bits per heavy atom. The lowest BCUT2D eigenvalue weighted by Crippen LogP contribution is -2.44. The van der Waals surface area contributed by atoms with Crippen molar-refractivity contribution in [2.45, 2.75) is 13.0 Å². The molecule has 2 aromatic rings. The molecule has 1 fully saturated rings. The largest absolute Gasteiger partial charge is 0.337 e. The summed E-state index contributed by atoms with van der Waals surface area (Å²) in [6.45, 7) is 5.99. The highest BCUT2D eigenvalue weighted by atomic mass is 35.5. The molecule has 0 saturated carbocycles. The van der Waals surface area contributed by atoms with E-state index in [9.17, 15) is 0 Å². The van der Waals surface area contributed by atoms with Crippen LogP contribution < -0.4 is 5.32 Å². The van der Waals surface area contributed by atoms with Crippen molar-refractivity contribution >= 4 is 11.6 Å². The molecular formula is C13H16ClN5O. The van der Waals surface area contributed by atoms with E-state index in [0.29, 0.717) is 22.4 Å². The standard InChI is InChI=1S/C13H16ClN5O/c1-9(19-7-5-15-6-8-19)13-17-12(18-20-13)11-10(14)3-2-4-16-11/h2-4,9,15H,5-8H2,1H3. The maximum Gasteiger partial charge on any atom is 0.244 e. The summed E-state index contributed by atoms with van der Waals surface area (Å²) in [7, 11) is 0. The van der Waals surface area contributed by atoms with Crippen molar-refractivity contribution in [3.05, 3.63) is 29.2 Å². The average Bonchev–Trinajstić information content (AvgIpc) is 2.97. The van der Waals surface area contributed by atoms with E-state index in [-0.39, 0.29) is 6.04 Å². The lowest BCUT2D eigenvalue weighted by atomic mass is 10.2. The first-order chi connectivity index (χ1) is 9.75. The number of nitrogens with one attached hydrogen (secondary N) is 1. The summed E-state index contributed by atoms with van der Waals surface area (Å²) in [5, 5.41) is 7.83. The first-order valence-corrected chi connectivity index (χ1v) is 7.03. The molecule has 1 N–H and O–H groups in total. The number of halogens is 1. The van der Waals surface area contributed by atoms with Crippen LogP contribution >= 0.6 is 11.6 Å². The second kappa shape index (κ2) is 5.87. The Kier molecular flexibility index (Phi) is 3.95. The van der Waals surface area contributed by atoms with E-state index < -0.39 is 0 Å². The first kappa shape index (κ1) is 13.5. The van der Waals surface area contributed by atoms with Gasteiger partial charge in [0, 0.05) is 32.4 Å². The van der Waals surface area contributed by atoms with Crippen molar-refractivity contribution in [2.24, 2.45) is 0 Å². The van der Waals surface area contributed by atoms with E-state index in [1.807, 2.05) is 0 Å². The summed E-state index contributed by atoms with van der Waals surface area (Å²) in [6, 6.07) is 3.64. The van der Waals surface area contributed by atoms with Gasteiger partial charge in [0.05, 0.1) is 11.1 Å². The molecule has 1 saturated heterocycles. The molecule has 3 heterocycles. The first-order valence-electron chi connectivity index (χ1n) is 6.65. The lowest BCUT2D eigenvalue weighted by Gasteiger charge is -2.30. The Hall–Kier alpha value is -1.50. The van der Waals surface area contributed by atoms with Gasteiger partial charge in [-0.2, -0.15) is 4.98 Å². The Morgan fingerprint density at radius 3 is 2.95 bits per heavy atom. The highest BCUT2D eigenvalue weighted by molar-refractivity contribution is 6.32. The molecule has 0 aliphatic carbocycles. The molecule has 0 radical (unpaired) electrons. The third kappa shape index (κ3) is 2.67. The van der Waals surface area contributed by atoms with Crippen LogP contribution in [0.5, 0.6) is 0 Å². The quantitative estimate of drug-likeness (QED) is 0.930. The van der Waals surface area contributed by atoms with E-state index in [1.165, 1.54) is 0 Å². The van der Waals surface area contributed by atoms with Crippen LogP contribution in [0.4, 0.5) is 0 Å². The highest BCUT2D eigenvalue weighted by Crippen LogP contribution is 2.25. The zero-order chi connectivity index (χ0) is 13.9. The van der Waals surface area contributed by atoms with Gasteiger partial charge in [-0.3, -0.25) is 9.88 Å². The van der Waals surface area contributed by atoms with Crippen LogP contribution in [0.15, 0.2) is 22.9 Å². The van der Waals surface area contributed by atoms with Crippen LogP contribution in [0, 0.1) is 0 Å². The minimum atomic E-state index is 0.0980. The van der Waals surface area contributed by atoms with Gasteiger partial charge in [-0.25, -0.2) is 0 Å². The van der Waals surface area contributed by atoms with Crippen LogP contribution in [0.2, 0.25) is 5.02 Å². The molecule has 20 heavy (non-hydrogen) atoms. The van der Waals surface area contributed by atoms with E-state index in [0.717, 1.165) is 26.2 Å². The number of nitrogens with zero attached hydrogens (tertiary/aromatic N) is 4. The summed E-state index contributed by atoms with van der Waals surface area (Å²) in [6.07, 6.45) is 1.66. The molecule has 1 unspecified atom stereocenters. The third-order valence-corrected chi connectivity index (χ3v) is 3.77. The molecule has 1 atom stereocenters. The van der Waals surface area contributed by atoms with Crippen molar-refractivity contribution < 1.29 is 4.52 Å². The molecular weight excluding hydrogens is 278 g/mol. The van der Waals surface area contributed by atoms with E-state index in [4.69, 9.17) is 16.1 Å². The molecule has 0 amide bonds. The molecule has 0 spiro atoms. The molecule has 106 valence electrons. The molecule has 1 aliphatic heterocycles. The second-order valence-corrected chi connectivity index (χ2v) is 5.16. The highest BCUT2D eigenvalue weighted by Gasteiger charge is 2.24. The average molecular weight is 294 g/mol. The van der Waals surface area contributed by atoms with Gasteiger partial charge < -0.3 is 9.84 Å². The fourth-order valence-corrected chi connectivity index (χ4v) is 2.48. The number of hydrogen-bond donors (Lipinski definition) is 1. The predicted octanol–water partition coefficient (Wildman–Crippen LogP) is 1.75. The third-order valence-electron chi connectivity index (χ3n) is 3.47. The van der Waals surface area contributed by atoms with Crippen LogP contribution in [0.3, 0.4) is 0 Å². The van der Waals surface area contributed by atoms with E-state index >= 15 is 0 Å². The minimum absolute atomic E-state index is 0.0980. The van der Waals surface area contributed by atoms with Gasteiger partial charge in [0.15, 0.2) is 0 Å². The van der Waals surface area contributed by atoms with E-state index in [2.05, 4.69) is 32.3 Å². The van der Waals surface area contributed by atoms with E-state index in [1.54, 1.807) is 18.3 Å². The van der Waals surface area contributed by atoms with Crippen molar-refractivity contribution in [3.63, 3.8) is 0 Å². The fraction of sp³-hybridized carbons (Fsp3) is 0.462. The zero-order valence-electron chi connectivity index (χ0n) is 11.2. The van der Waals surface area contributed by atoms with Gasteiger partial charge in [0.1, 0.15) is 5.69 Å². The molecule has 2 aromatic heterocycles. The minimum Gasteiger partial charge on any atom is -0.337 e. The van der Waals surface area contributed by atoms with Gasteiger partial charge in [0.2, 0.25) is 11.7 Å². The van der Waals surface area contributed by atoms with Gasteiger partial charge >= 0.3 is 0 Å². The van der Waals surface area contributed by atoms with Gasteiger partial charge in [0.25, 0.3) is 0 Å². The van der Waals surface area contributed by atoms with Crippen molar-refractivity contribution in [1.29, 1.82) is 0 Å². The number of rotatable bonds is 3. The molecule has 0 aromatic carbocycles. The summed E-state index contributed by atoms with van der Waals surface area (Å²) in [5.41, 5.74) is 0.552. The predicted molar refractivity (Wildman–Crippen MR) is 75.4 cm³/mol. The van der Waals surface area contributed by atoms with Gasteiger partial charge in [-0.15, -0.1) is 0 Å². The summed E-state index contributed by atoms with van der Waals surface area (Å²) >= 11 is 6.09. The van der Waals surface area contributed by atoms with Crippen LogP contribution in [0.25, 0.3) is 11.5 Å². The van der Waals surface area contributed by atoms with Crippen molar-refractivity contribution in [1.82, 2.24) is 25.3 Å². The van der Waals surface area contributed by atoms with Crippen molar-refractivity contribution in [3.8, 4) is 11.5 Å². The summed E-state index contributed by atoms with van der Waals surface area (Å²) in [5.74, 6) is 1.04. The molecule has 0 bridgehead atoms. The van der Waals surface area contributed by atoms with Crippen LogP contribution in [-0.4, -0.2) is 46.2 Å². The maximum atomic E-state index is 6.09. The molecule has 3 rings (SSSR count). The van der Waals surface area contributed by atoms with Gasteiger partial charge in [-0.05, 0) is 19.1 Å². The second-order valence-electron chi connectivity index (χ2n) is 4.75. The smallest absolute Gasteiger partial charge is 0.244 e. The Labute approximate surface area is 122 Å². The number of pyridine rings is 1. The SMILES string of the molecule is CC(c1nc(-c2ncccc2Cl)no1)N1CCNCC1. The molecule has 1 aliphatic rings. The Bertz CT molecular complexity index is 582. The van der Waals surface area contributed by atoms with Crippen LogP contribution in [-0.2, 0) is 0 Å². The normalized spacial score (nSPS) is 18.1. The molecule has 7 heteroatoms. The van der Waals surface area contributed by atoms with Crippen molar-refractivity contribution in [2.75, 3.05) is 26.2 Å². The lowest BCUT2D eigenvalue weighted by molar-refractivity contribution is 0.154. The van der Waals surface area contributed by atoms with Gasteiger partial charge in [-0.1, -0.05) is 16.8 Å². The fourth-order valence-electron chi connectivity index (χ4n) is 2.28. The molecule has 6 nitrogen and oxygen atoms in total. The summed E-state index contributed by atoms with van der Waals surface area (Å²) < 4.78 is 5.37. The number of hydrogen-bond acceptors (Lipinski definition) is 6. The topological polar surface area (TPSA) is 67.1 Å². The van der Waals surface area contributed by atoms with Crippen LogP contribution in [0.1, 0.15) is 18.9 Å². The monoisotopic (exact) mass is 293 g/mol. The number of aromatic nitrogens is 3. The summed E-state index contributed by atoms with van der Waals surface area (Å²) in [4.78, 5) is 10.9. The number of piperazine rings is 1. The Morgan fingerprint density at radius 1 is 1.40 bits per heavy atom. The Balaban J connectivity index is 1.81. The zero-order valence-corrected chi connectivity index (χ0v) is 12.0. The maximum absolute atomic E-state index is 6.09.